The Kier molecular flexibility index (Phi) is 8.23. The highest BCUT2D eigenvalue weighted by Gasteiger charge is 2.15. The summed E-state index contributed by atoms with van der Waals surface area (Å²) in [7, 11) is 0. The smallest absolute Gasteiger partial charge is 0.0683 e. The van der Waals surface area contributed by atoms with E-state index in [1.807, 2.05) is 13.8 Å². The zero-order chi connectivity index (χ0) is 12.4. The minimum Gasteiger partial charge on any atom is -0.396 e. The van der Waals surface area contributed by atoms with E-state index in [1.165, 1.54) is 0 Å². The molecule has 94 valence electrons. The van der Waals surface area contributed by atoms with Gasteiger partial charge in [0.1, 0.15) is 0 Å². The van der Waals surface area contributed by atoms with Crippen LogP contribution in [0.3, 0.4) is 0 Å². The first-order valence-electron chi connectivity index (χ1n) is 6.28. The van der Waals surface area contributed by atoms with E-state index in [0.29, 0.717) is 5.92 Å². The molecule has 0 saturated carbocycles. The van der Waals surface area contributed by atoms with E-state index in [1.54, 1.807) is 0 Å². The lowest BCUT2D eigenvalue weighted by molar-refractivity contribution is 0.251. The topological polar surface area (TPSA) is 56.0 Å². The zero-order valence-electron chi connectivity index (χ0n) is 10.9. The fraction of sp³-hybridized carbons (Fsp3) is 0.923. The van der Waals surface area contributed by atoms with Crippen LogP contribution in [0.2, 0.25) is 0 Å². The maximum Gasteiger partial charge on any atom is 0.0683 e. The van der Waals surface area contributed by atoms with Crippen molar-refractivity contribution in [1.29, 1.82) is 5.26 Å². The molecule has 0 spiro atoms. The fourth-order valence-electron chi connectivity index (χ4n) is 1.65. The molecule has 0 rings (SSSR count). The molecule has 3 nitrogen and oxygen atoms in total. The van der Waals surface area contributed by atoms with Crippen LogP contribution in [0.15, 0.2) is 0 Å². The Morgan fingerprint density at radius 2 is 2.12 bits per heavy atom. The number of rotatable bonds is 9. The van der Waals surface area contributed by atoms with Crippen LogP contribution in [-0.2, 0) is 0 Å². The average molecular weight is 226 g/mol. The van der Waals surface area contributed by atoms with Crippen molar-refractivity contribution in [3.63, 3.8) is 0 Å². The monoisotopic (exact) mass is 226 g/mol. The molecular weight excluding hydrogens is 200 g/mol. The number of aliphatic hydroxyl groups excluding tert-OH is 1. The lowest BCUT2D eigenvalue weighted by Crippen LogP contribution is -2.25. The summed E-state index contributed by atoms with van der Waals surface area (Å²) in [5, 5.41) is 21.1. The van der Waals surface area contributed by atoms with Crippen molar-refractivity contribution in [2.24, 2.45) is 11.3 Å². The van der Waals surface area contributed by atoms with Crippen LogP contribution in [0.25, 0.3) is 0 Å². The second-order valence-electron chi connectivity index (χ2n) is 5.09. The molecule has 16 heavy (non-hydrogen) atoms. The van der Waals surface area contributed by atoms with Crippen molar-refractivity contribution >= 4 is 0 Å². The van der Waals surface area contributed by atoms with Gasteiger partial charge in [0.15, 0.2) is 0 Å². The molecule has 0 aliphatic rings. The second kappa shape index (κ2) is 8.55. The van der Waals surface area contributed by atoms with E-state index >= 15 is 0 Å². The van der Waals surface area contributed by atoms with Gasteiger partial charge in [-0.25, -0.2) is 0 Å². The van der Waals surface area contributed by atoms with Gasteiger partial charge in [0, 0.05) is 6.61 Å². The predicted molar refractivity (Wildman–Crippen MR) is 67.0 cm³/mol. The minimum absolute atomic E-state index is 0.197. The number of nitriles is 1. The molecule has 0 aliphatic carbocycles. The predicted octanol–water partition coefficient (Wildman–Crippen LogP) is 2.31. The van der Waals surface area contributed by atoms with Crippen molar-refractivity contribution in [3.8, 4) is 6.07 Å². The minimum atomic E-state index is -0.197. The van der Waals surface area contributed by atoms with E-state index in [-0.39, 0.29) is 12.0 Å². The molecule has 0 aliphatic heterocycles. The van der Waals surface area contributed by atoms with Crippen LogP contribution in [0.5, 0.6) is 0 Å². The third kappa shape index (κ3) is 7.67. The Morgan fingerprint density at radius 1 is 1.44 bits per heavy atom. The van der Waals surface area contributed by atoms with Gasteiger partial charge in [0.25, 0.3) is 0 Å². The van der Waals surface area contributed by atoms with Crippen LogP contribution in [0, 0.1) is 22.7 Å². The van der Waals surface area contributed by atoms with E-state index < -0.39 is 0 Å². The lowest BCUT2D eigenvalue weighted by atomic mass is 9.90. The third-order valence-corrected chi connectivity index (χ3v) is 3.01. The van der Waals surface area contributed by atoms with Gasteiger partial charge in [-0.3, -0.25) is 0 Å². The van der Waals surface area contributed by atoms with E-state index in [9.17, 15) is 0 Å². The van der Waals surface area contributed by atoms with Gasteiger partial charge < -0.3 is 10.4 Å². The summed E-state index contributed by atoms with van der Waals surface area (Å²) in [5.41, 5.74) is -0.197. The summed E-state index contributed by atoms with van der Waals surface area (Å²) in [6, 6.07) is 2.31. The third-order valence-electron chi connectivity index (χ3n) is 3.01. The molecule has 1 atom stereocenters. The Bertz CT molecular complexity index is 208. The number of nitrogens with one attached hydrogen (secondary N) is 1. The molecule has 0 aromatic heterocycles. The average Bonchev–Trinajstić information content (AvgIpc) is 2.27. The Labute approximate surface area is 99.9 Å². The van der Waals surface area contributed by atoms with Crippen molar-refractivity contribution in [1.82, 2.24) is 5.32 Å². The second-order valence-corrected chi connectivity index (χ2v) is 5.09. The first kappa shape index (κ1) is 15.4. The Balaban J connectivity index is 3.50. The summed E-state index contributed by atoms with van der Waals surface area (Å²) in [5.74, 6) is 0.578. The molecule has 0 saturated heterocycles. The maximum absolute atomic E-state index is 8.85. The van der Waals surface area contributed by atoms with Crippen molar-refractivity contribution in [2.75, 3.05) is 19.7 Å². The van der Waals surface area contributed by atoms with E-state index in [0.717, 1.165) is 38.8 Å². The number of aliphatic hydroxyl groups is 1. The lowest BCUT2D eigenvalue weighted by Gasteiger charge is -2.17. The first-order valence-corrected chi connectivity index (χ1v) is 6.28. The van der Waals surface area contributed by atoms with Gasteiger partial charge in [0.2, 0.25) is 0 Å². The molecule has 0 amide bonds. The van der Waals surface area contributed by atoms with Crippen LogP contribution >= 0.6 is 0 Å². The molecule has 3 heteroatoms. The standard InChI is InChI=1S/C13H26N2O/c1-4-12(6-9-16)10-15-8-5-7-13(2,3)11-14/h12,15-16H,4-10H2,1-3H3. The number of hydrogen-bond donors (Lipinski definition) is 2. The van der Waals surface area contributed by atoms with Gasteiger partial charge in [-0.15, -0.1) is 0 Å². The number of nitrogens with zero attached hydrogens (tertiary/aromatic N) is 1. The van der Waals surface area contributed by atoms with Gasteiger partial charge in [0.05, 0.1) is 11.5 Å². The first-order chi connectivity index (χ1) is 7.55. The summed E-state index contributed by atoms with van der Waals surface area (Å²) in [6.45, 7) is 8.33. The zero-order valence-corrected chi connectivity index (χ0v) is 10.9. The molecular formula is C13H26N2O. The normalized spacial score (nSPS) is 13.4. The Morgan fingerprint density at radius 3 is 2.62 bits per heavy atom. The van der Waals surface area contributed by atoms with Crippen LogP contribution < -0.4 is 5.32 Å². The SMILES string of the molecule is CCC(CCO)CNCCCC(C)(C)C#N. The molecule has 0 bridgehead atoms. The highest BCUT2D eigenvalue weighted by atomic mass is 16.3. The van der Waals surface area contributed by atoms with Gasteiger partial charge >= 0.3 is 0 Å². The fourth-order valence-corrected chi connectivity index (χ4v) is 1.65. The van der Waals surface area contributed by atoms with Crippen LogP contribution in [-0.4, -0.2) is 24.8 Å². The van der Waals surface area contributed by atoms with Crippen LogP contribution in [0.4, 0.5) is 0 Å². The van der Waals surface area contributed by atoms with Gasteiger partial charge in [-0.05, 0) is 52.1 Å². The van der Waals surface area contributed by atoms with Gasteiger partial charge in [-0.2, -0.15) is 5.26 Å². The van der Waals surface area contributed by atoms with Crippen LogP contribution in [0.1, 0.15) is 46.5 Å². The molecule has 2 N–H and O–H groups in total. The van der Waals surface area contributed by atoms with Crippen molar-refractivity contribution in [3.05, 3.63) is 0 Å². The molecule has 0 heterocycles. The molecule has 1 unspecified atom stereocenters. The highest BCUT2D eigenvalue weighted by molar-refractivity contribution is 4.91. The quantitative estimate of drug-likeness (QED) is 0.593. The molecule has 0 aromatic rings. The number of hydrogen-bond acceptors (Lipinski definition) is 3. The Hall–Kier alpha value is -0.590. The maximum atomic E-state index is 8.85. The molecule has 0 aromatic carbocycles. The molecule has 0 fully saturated rings. The largest absolute Gasteiger partial charge is 0.396 e. The summed E-state index contributed by atoms with van der Waals surface area (Å²) >= 11 is 0. The van der Waals surface area contributed by atoms with Crippen molar-refractivity contribution < 1.29 is 5.11 Å². The van der Waals surface area contributed by atoms with E-state index in [4.69, 9.17) is 10.4 Å². The molecule has 0 radical (unpaired) electrons. The van der Waals surface area contributed by atoms with E-state index in [2.05, 4.69) is 18.3 Å². The summed E-state index contributed by atoms with van der Waals surface area (Å²) in [6.07, 6.45) is 3.97. The summed E-state index contributed by atoms with van der Waals surface area (Å²) < 4.78 is 0. The highest BCUT2D eigenvalue weighted by Crippen LogP contribution is 2.19. The summed E-state index contributed by atoms with van der Waals surface area (Å²) in [4.78, 5) is 0. The van der Waals surface area contributed by atoms with Gasteiger partial charge in [-0.1, -0.05) is 13.3 Å². The van der Waals surface area contributed by atoms with Crippen molar-refractivity contribution in [2.45, 2.75) is 46.5 Å².